The number of ether oxygens (including phenoxy) is 2. The Morgan fingerprint density at radius 3 is 2.41 bits per heavy atom. The Bertz CT molecular complexity index is 431. The lowest BCUT2D eigenvalue weighted by atomic mass is 10.2. The Morgan fingerprint density at radius 2 is 1.88 bits per heavy atom. The average Bonchev–Trinajstić information content (AvgIpc) is 2.27. The van der Waals surface area contributed by atoms with Crippen LogP contribution in [0.25, 0.3) is 0 Å². The van der Waals surface area contributed by atoms with Crippen LogP contribution >= 0.6 is 0 Å². The Balaban J connectivity index is 2.95. The molecule has 0 radical (unpaired) electrons. The van der Waals surface area contributed by atoms with Crippen LogP contribution in [0.2, 0.25) is 0 Å². The van der Waals surface area contributed by atoms with E-state index < -0.39 is 11.8 Å². The van der Waals surface area contributed by atoms with Gasteiger partial charge in [0.15, 0.2) is 18.1 Å². The van der Waals surface area contributed by atoms with Gasteiger partial charge in [-0.25, -0.2) is 0 Å². The molecule has 1 aromatic carbocycles. The maximum atomic E-state index is 11.0. The van der Waals surface area contributed by atoms with Gasteiger partial charge in [0.25, 0.3) is 5.91 Å². The van der Waals surface area contributed by atoms with Crippen molar-refractivity contribution in [3.05, 3.63) is 23.8 Å². The van der Waals surface area contributed by atoms with E-state index in [1.54, 1.807) is 6.92 Å². The molecule has 0 fully saturated rings. The Morgan fingerprint density at radius 1 is 1.18 bits per heavy atom. The SMILES string of the molecule is CCOc1cc(C(N)=O)ccc1OCC(N)=O. The van der Waals surface area contributed by atoms with Gasteiger partial charge in [-0.3, -0.25) is 9.59 Å². The highest BCUT2D eigenvalue weighted by atomic mass is 16.5. The van der Waals surface area contributed by atoms with Crippen LogP contribution in [0.4, 0.5) is 0 Å². The van der Waals surface area contributed by atoms with Gasteiger partial charge in [0.2, 0.25) is 5.91 Å². The zero-order valence-corrected chi connectivity index (χ0v) is 9.43. The van der Waals surface area contributed by atoms with E-state index in [9.17, 15) is 9.59 Å². The molecule has 6 heteroatoms. The van der Waals surface area contributed by atoms with E-state index in [1.165, 1.54) is 18.2 Å². The second-order valence-corrected chi connectivity index (χ2v) is 3.21. The van der Waals surface area contributed by atoms with Crippen molar-refractivity contribution in [3.63, 3.8) is 0 Å². The fourth-order valence-corrected chi connectivity index (χ4v) is 1.20. The van der Waals surface area contributed by atoms with Crippen molar-refractivity contribution in [1.29, 1.82) is 0 Å². The normalized spacial score (nSPS) is 9.71. The number of amides is 2. The average molecular weight is 238 g/mol. The Hall–Kier alpha value is -2.24. The van der Waals surface area contributed by atoms with Crippen molar-refractivity contribution in [2.24, 2.45) is 11.5 Å². The second kappa shape index (κ2) is 5.74. The van der Waals surface area contributed by atoms with E-state index in [4.69, 9.17) is 20.9 Å². The molecular weight excluding hydrogens is 224 g/mol. The highest BCUT2D eigenvalue weighted by molar-refractivity contribution is 5.93. The molecule has 0 heterocycles. The molecule has 0 aliphatic carbocycles. The van der Waals surface area contributed by atoms with E-state index >= 15 is 0 Å². The number of primary amides is 2. The Labute approximate surface area is 98.5 Å². The smallest absolute Gasteiger partial charge is 0.255 e. The van der Waals surface area contributed by atoms with E-state index in [0.717, 1.165) is 0 Å². The number of benzene rings is 1. The van der Waals surface area contributed by atoms with Crippen LogP contribution in [0.15, 0.2) is 18.2 Å². The first kappa shape index (κ1) is 12.8. The van der Waals surface area contributed by atoms with Crippen molar-refractivity contribution in [2.45, 2.75) is 6.92 Å². The first-order valence-electron chi connectivity index (χ1n) is 5.02. The van der Waals surface area contributed by atoms with Gasteiger partial charge in [-0.05, 0) is 25.1 Å². The molecular formula is C11H14N2O4. The van der Waals surface area contributed by atoms with E-state index in [2.05, 4.69) is 0 Å². The molecule has 92 valence electrons. The molecule has 0 spiro atoms. The second-order valence-electron chi connectivity index (χ2n) is 3.21. The molecule has 0 aliphatic heterocycles. The van der Waals surface area contributed by atoms with Gasteiger partial charge in [-0.2, -0.15) is 0 Å². The summed E-state index contributed by atoms with van der Waals surface area (Å²) in [6.07, 6.45) is 0. The van der Waals surface area contributed by atoms with Crippen molar-refractivity contribution >= 4 is 11.8 Å². The van der Waals surface area contributed by atoms with E-state index in [0.29, 0.717) is 23.7 Å². The monoisotopic (exact) mass is 238 g/mol. The lowest BCUT2D eigenvalue weighted by Crippen LogP contribution is -2.20. The van der Waals surface area contributed by atoms with E-state index in [-0.39, 0.29) is 6.61 Å². The maximum absolute atomic E-state index is 11.0. The summed E-state index contributed by atoms with van der Waals surface area (Å²) in [7, 11) is 0. The molecule has 0 saturated heterocycles. The summed E-state index contributed by atoms with van der Waals surface area (Å²) in [5.74, 6) is -0.459. The fraction of sp³-hybridized carbons (Fsp3) is 0.273. The van der Waals surface area contributed by atoms with Crippen LogP contribution in [0.3, 0.4) is 0 Å². The standard InChI is InChI=1S/C11H14N2O4/c1-2-16-9-5-7(11(13)15)3-4-8(9)17-6-10(12)14/h3-5H,2,6H2,1H3,(H2,12,14)(H2,13,15). The minimum absolute atomic E-state index is 0.254. The quantitative estimate of drug-likeness (QED) is 0.730. The van der Waals surface area contributed by atoms with Crippen LogP contribution in [0.5, 0.6) is 11.5 Å². The maximum Gasteiger partial charge on any atom is 0.255 e. The first-order chi connectivity index (χ1) is 8.04. The Kier molecular flexibility index (Phi) is 4.33. The lowest BCUT2D eigenvalue weighted by molar-refractivity contribution is -0.119. The number of carbonyl (C=O) groups excluding carboxylic acids is 2. The van der Waals surface area contributed by atoms with Crippen LogP contribution in [-0.2, 0) is 4.79 Å². The van der Waals surface area contributed by atoms with Crippen LogP contribution in [0, 0.1) is 0 Å². The molecule has 6 nitrogen and oxygen atoms in total. The third-order valence-corrected chi connectivity index (χ3v) is 1.90. The minimum Gasteiger partial charge on any atom is -0.490 e. The largest absolute Gasteiger partial charge is 0.490 e. The molecule has 1 rings (SSSR count). The van der Waals surface area contributed by atoms with Crippen molar-refractivity contribution in [3.8, 4) is 11.5 Å². The molecule has 0 atom stereocenters. The van der Waals surface area contributed by atoms with Gasteiger partial charge < -0.3 is 20.9 Å². The van der Waals surface area contributed by atoms with Crippen LogP contribution < -0.4 is 20.9 Å². The predicted octanol–water partition coefficient (Wildman–Crippen LogP) is 0.0483. The van der Waals surface area contributed by atoms with Gasteiger partial charge >= 0.3 is 0 Å². The fourth-order valence-electron chi connectivity index (χ4n) is 1.20. The molecule has 0 bridgehead atoms. The lowest BCUT2D eigenvalue weighted by Gasteiger charge is -2.11. The number of hydrogen-bond donors (Lipinski definition) is 2. The first-order valence-corrected chi connectivity index (χ1v) is 5.02. The van der Waals surface area contributed by atoms with Crippen molar-refractivity contribution in [1.82, 2.24) is 0 Å². The molecule has 0 aromatic heterocycles. The minimum atomic E-state index is -0.591. The molecule has 4 N–H and O–H groups in total. The summed E-state index contributed by atoms with van der Waals surface area (Å²) in [6, 6.07) is 4.46. The molecule has 0 unspecified atom stereocenters. The molecule has 0 aliphatic rings. The number of nitrogens with two attached hydrogens (primary N) is 2. The summed E-state index contributed by atoms with van der Waals surface area (Å²) in [5, 5.41) is 0. The highest BCUT2D eigenvalue weighted by Crippen LogP contribution is 2.28. The summed E-state index contributed by atoms with van der Waals surface area (Å²) in [4.78, 5) is 21.6. The zero-order chi connectivity index (χ0) is 12.8. The van der Waals surface area contributed by atoms with Crippen molar-refractivity contribution in [2.75, 3.05) is 13.2 Å². The number of rotatable bonds is 6. The van der Waals surface area contributed by atoms with Crippen LogP contribution in [0.1, 0.15) is 17.3 Å². The van der Waals surface area contributed by atoms with Gasteiger partial charge in [0.05, 0.1) is 6.61 Å². The highest BCUT2D eigenvalue weighted by Gasteiger charge is 2.10. The van der Waals surface area contributed by atoms with E-state index in [1.807, 2.05) is 0 Å². The third kappa shape index (κ3) is 3.67. The molecule has 17 heavy (non-hydrogen) atoms. The van der Waals surface area contributed by atoms with Gasteiger partial charge in [0.1, 0.15) is 0 Å². The molecule has 2 amide bonds. The topological polar surface area (TPSA) is 105 Å². The van der Waals surface area contributed by atoms with Crippen LogP contribution in [-0.4, -0.2) is 25.0 Å². The molecule has 0 saturated carbocycles. The van der Waals surface area contributed by atoms with Gasteiger partial charge in [-0.1, -0.05) is 0 Å². The summed E-state index contributed by atoms with van der Waals surface area (Å²) >= 11 is 0. The third-order valence-electron chi connectivity index (χ3n) is 1.90. The summed E-state index contributed by atoms with van der Waals surface area (Å²) in [5.41, 5.74) is 10.4. The van der Waals surface area contributed by atoms with Gasteiger partial charge in [-0.15, -0.1) is 0 Å². The summed E-state index contributed by atoms with van der Waals surface area (Å²) < 4.78 is 10.4. The zero-order valence-electron chi connectivity index (χ0n) is 9.43. The molecule has 1 aromatic rings. The van der Waals surface area contributed by atoms with Crippen molar-refractivity contribution < 1.29 is 19.1 Å². The predicted molar refractivity (Wildman–Crippen MR) is 60.8 cm³/mol. The number of carbonyl (C=O) groups is 2. The number of hydrogen-bond acceptors (Lipinski definition) is 4. The summed E-state index contributed by atoms with van der Waals surface area (Å²) in [6.45, 7) is 1.93. The van der Waals surface area contributed by atoms with Gasteiger partial charge in [0, 0.05) is 5.56 Å².